The molecule has 0 bridgehead atoms. The summed E-state index contributed by atoms with van der Waals surface area (Å²) in [5.41, 5.74) is 0.533. The van der Waals surface area contributed by atoms with Crippen LogP contribution in [0.1, 0.15) is 41.6 Å². The van der Waals surface area contributed by atoms with E-state index >= 15 is 0 Å². The third-order valence-electron chi connectivity index (χ3n) is 4.56. The highest BCUT2D eigenvalue weighted by atomic mass is 19.1. The summed E-state index contributed by atoms with van der Waals surface area (Å²) in [6.07, 6.45) is 0. The number of hydrogen-bond donors (Lipinski definition) is 1. The predicted molar refractivity (Wildman–Crippen MR) is 101 cm³/mol. The molecular formula is C21H18FNO5. The number of ether oxygens (including phenoxy) is 2. The lowest BCUT2D eigenvalue weighted by atomic mass is 9.99. The van der Waals surface area contributed by atoms with E-state index in [-0.39, 0.29) is 22.3 Å². The SMILES string of the molecule is CCOc1ccc(C2NC(=O)c3oc4ccc(F)cc4c(=O)c32)cc1OCC. The van der Waals surface area contributed by atoms with Crippen molar-refractivity contribution >= 4 is 16.9 Å². The molecule has 2 heterocycles. The summed E-state index contributed by atoms with van der Waals surface area (Å²) in [6.45, 7) is 4.63. The van der Waals surface area contributed by atoms with Gasteiger partial charge in [-0.05, 0) is 49.7 Å². The van der Waals surface area contributed by atoms with Gasteiger partial charge in [-0.1, -0.05) is 6.07 Å². The first-order chi connectivity index (χ1) is 13.5. The summed E-state index contributed by atoms with van der Waals surface area (Å²) in [5, 5.41) is 2.86. The molecule has 0 radical (unpaired) electrons. The van der Waals surface area contributed by atoms with Gasteiger partial charge < -0.3 is 19.2 Å². The van der Waals surface area contributed by atoms with Gasteiger partial charge in [-0.3, -0.25) is 9.59 Å². The number of nitrogens with one attached hydrogen (secondary N) is 1. The number of hydrogen-bond acceptors (Lipinski definition) is 5. The molecule has 6 nitrogen and oxygen atoms in total. The Morgan fingerprint density at radius 1 is 1.04 bits per heavy atom. The lowest BCUT2D eigenvalue weighted by Crippen LogP contribution is -2.22. The van der Waals surface area contributed by atoms with E-state index in [9.17, 15) is 14.0 Å². The van der Waals surface area contributed by atoms with Crippen molar-refractivity contribution in [1.82, 2.24) is 5.32 Å². The average Bonchev–Trinajstić information content (AvgIpc) is 3.01. The topological polar surface area (TPSA) is 77.8 Å². The zero-order chi connectivity index (χ0) is 19.8. The van der Waals surface area contributed by atoms with Crippen LogP contribution in [0.4, 0.5) is 4.39 Å². The maximum absolute atomic E-state index is 13.6. The molecule has 1 N–H and O–H groups in total. The Bertz CT molecular complexity index is 1140. The van der Waals surface area contributed by atoms with Gasteiger partial charge in [-0.15, -0.1) is 0 Å². The second-order valence-electron chi connectivity index (χ2n) is 6.29. The van der Waals surface area contributed by atoms with Gasteiger partial charge in [0.25, 0.3) is 5.91 Å². The minimum atomic E-state index is -0.721. The van der Waals surface area contributed by atoms with Gasteiger partial charge in [0.15, 0.2) is 16.9 Å². The van der Waals surface area contributed by atoms with Crippen molar-refractivity contribution in [1.29, 1.82) is 0 Å². The van der Waals surface area contributed by atoms with E-state index in [4.69, 9.17) is 13.9 Å². The van der Waals surface area contributed by atoms with Gasteiger partial charge >= 0.3 is 0 Å². The molecule has 1 aromatic heterocycles. The fourth-order valence-electron chi connectivity index (χ4n) is 3.38. The summed E-state index contributed by atoms with van der Waals surface area (Å²) in [6, 6.07) is 8.13. The first-order valence-corrected chi connectivity index (χ1v) is 9.00. The molecule has 28 heavy (non-hydrogen) atoms. The van der Waals surface area contributed by atoms with E-state index in [0.29, 0.717) is 30.3 Å². The van der Waals surface area contributed by atoms with Gasteiger partial charge in [0, 0.05) is 0 Å². The fourth-order valence-corrected chi connectivity index (χ4v) is 3.38. The zero-order valence-corrected chi connectivity index (χ0v) is 15.4. The summed E-state index contributed by atoms with van der Waals surface area (Å²) < 4.78 is 30.4. The highest BCUT2D eigenvalue weighted by Crippen LogP contribution is 2.36. The number of benzene rings is 2. The van der Waals surface area contributed by atoms with Crippen LogP contribution in [-0.2, 0) is 0 Å². The molecule has 144 valence electrons. The Balaban J connectivity index is 1.87. The van der Waals surface area contributed by atoms with Crippen LogP contribution >= 0.6 is 0 Å². The molecule has 1 unspecified atom stereocenters. The molecule has 7 heteroatoms. The van der Waals surface area contributed by atoms with Crippen LogP contribution < -0.4 is 20.2 Å². The largest absolute Gasteiger partial charge is 0.490 e. The number of amides is 1. The van der Waals surface area contributed by atoms with Crippen molar-refractivity contribution in [3.05, 3.63) is 69.3 Å². The number of fused-ring (bicyclic) bond motifs is 2. The van der Waals surface area contributed by atoms with Crippen molar-refractivity contribution in [2.24, 2.45) is 0 Å². The second-order valence-corrected chi connectivity index (χ2v) is 6.29. The minimum absolute atomic E-state index is 0.0547. The highest BCUT2D eigenvalue weighted by Gasteiger charge is 2.36. The maximum Gasteiger partial charge on any atom is 0.288 e. The number of halogens is 1. The molecule has 1 aliphatic heterocycles. The second kappa shape index (κ2) is 6.99. The molecule has 2 aromatic carbocycles. The average molecular weight is 383 g/mol. The molecule has 4 rings (SSSR count). The third kappa shape index (κ3) is 2.89. The van der Waals surface area contributed by atoms with Gasteiger partial charge in [0.1, 0.15) is 11.4 Å². The predicted octanol–water partition coefficient (Wildman–Crippen LogP) is 3.56. The minimum Gasteiger partial charge on any atom is -0.490 e. The normalized spacial score (nSPS) is 15.4. The molecular weight excluding hydrogens is 365 g/mol. The molecule has 1 aliphatic rings. The van der Waals surface area contributed by atoms with E-state index in [0.717, 1.165) is 6.07 Å². The van der Waals surface area contributed by atoms with Crippen LogP contribution in [0.2, 0.25) is 0 Å². The summed E-state index contributed by atoms with van der Waals surface area (Å²) >= 11 is 0. The number of rotatable bonds is 5. The molecule has 3 aromatic rings. The lowest BCUT2D eigenvalue weighted by Gasteiger charge is -2.16. The zero-order valence-electron chi connectivity index (χ0n) is 15.4. The highest BCUT2D eigenvalue weighted by molar-refractivity contribution is 5.99. The van der Waals surface area contributed by atoms with Crippen LogP contribution in [0.5, 0.6) is 11.5 Å². The monoisotopic (exact) mass is 383 g/mol. The Kier molecular flexibility index (Phi) is 4.50. The van der Waals surface area contributed by atoms with Crippen molar-refractivity contribution in [2.75, 3.05) is 13.2 Å². The van der Waals surface area contributed by atoms with Crippen molar-refractivity contribution in [3.63, 3.8) is 0 Å². The summed E-state index contributed by atoms with van der Waals surface area (Å²) in [7, 11) is 0. The Morgan fingerprint density at radius 3 is 2.54 bits per heavy atom. The van der Waals surface area contributed by atoms with Gasteiger partial charge in [0.2, 0.25) is 5.76 Å². The first kappa shape index (κ1) is 18.0. The number of carbonyl (C=O) groups excluding carboxylic acids is 1. The quantitative estimate of drug-likeness (QED) is 0.729. The number of carbonyl (C=O) groups is 1. The van der Waals surface area contributed by atoms with Crippen molar-refractivity contribution in [2.45, 2.75) is 19.9 Å². The molecule has 1 amide bonds. The summed E-state index contributed by atoms with van der Waals surface area (Å²) in [5.74, 6) is -0.00422. The van der Waals surface area contributed by atoms with E-state index < -0.39 is 23.2 Å². The van der Waals surface area contributed by atoms with Crippen LogP contribution in [0.15, 0.2) is 45.6 Å². The van der Waals surface area contributed by atoms with E-state index in [1.807, 2.05) is 13.8 Å². The Labute approximate surface area is 159 Å². The van der Waals surface area contributed by atoms with Crippen LogP contribution in [0, 0.1) is 5.82 Å². The Morgan fingerprint density at radius 2 is 1.79 bits per heavy atom. The Hall–Kier alpha value is -3.35. The van der Waals surface area contributed by atoms with Gasteiger partial charge in [-0.25, -0.2) is 4.39 Å². The smallest absolute Gasteiger partial charge is 0.288 e. The lowest BCUT2D eigenvalue weighted by molar-refractivity contribution is 0.0938. The molecule has 0 saturated heterocycles. The third-order valence-corrected chi connectivity index (χ3v) is 4.56. The van der Waals surface area contributed by atoms with Crippen molar-refractivity contribution in [3.8, 4) is 11.5 Å². The molecule has 0 spiro atoms. The molecule has 0 fully saturated rings. The molecule has 0 saturated carbocycles. The molecule has 1 atom stereocenters. The first-order valence-electron chi connectivity index (χ1n) is 9.00. The van der Waals surface area contributed by atoms with Gasteiger partial charge in [-0.2, -0.15) is 0 Å². The maximum atomic E-state index is 13.6. The summed E-state index contributed by atoms with van der Waals surface area (Å²) in [4.78, 5) is 25.4. The molecule has 0 aliphatic carbocycles. The standard InChI is InChI=1S/C21H18FNO5/c1-3-26-15-7-5-11(9-16(15)27-4-2)18-17-19(24)13-10-12(22)6-8-14(13)28-20(17)21(25)23-18/h5-10,18H,3-4H2,1-2H3,(H,23,25). The van der Waals surface area contributed by atoms with Crippen LogP contribution in [-0.4, -0.2) is 19.1 Å². The van der Waals surface area contributed by atoms with E-state index in [1.54, 1.807) is 18.2 Å². The fraction of sp³-hybridized carbons (Fsp3) is 0.238. The van der Waals surface area contributed by atoms with E-state index in [1.165, 1.54) is 12.1 Å². The van der Waals surface area contributed by atoms with E-state index in [2.05, 4.69) is 5.32 Å². The van der Waals surface area contributed by atoms with Gasteiger partial charge in [0.05, 0.1) is 30.2 Å². The van der Waals surface area contributed by atoms with Crippen LogP contribution in [0.25, 0.3) is 11.0 Å². The van der Waals surface area contributed by atoms with Crippen molar-refractivity contribution < 1.29 is 23.1 Å². The van der Waals surface area contributed by atoms with Crippen LogP contribution in [0.3, 0.4) is 0 Å².